The van der Waals surface area contributed by atoms with Gasteiger partial charge in [0.25, 0.3) is 0 Å². The quantitative estimate of drug-likeness (QED) is 0.798. The van der Waals surface area contributed by atoms with Gasteiger partial charge in [0.15, 0.2) is 0 Å². The molecule has 0 radical (unpaired) electrons. The lowest BCUT2D eigenvalue weighted by Gasteiger charge is -2.35. The first-order chi connectivity index (χ1) is 6.24. The summed E-state index contributed by atoms with van der Waals surface area (Å²) in [5, 5.41) is 10.7. The average molecular weight is 197 g/mol. The number of hydrogen-bond donors (Lipinski definition) is 1. The van der Waals surface area contributed by atoms with Crippen LogP contribution in [-0.4, -0.2) is 16.7 Å². The first-order valence-corrected chi connectivity index (χ1v) is 5.59. The first kappa shape index (κ1) is 9.09. The Morgan fingerprint density at radius 3 is 2.77 bits per heavy atom. The van der Waals surface area contributed by atoms with E-state index < -0.39 is 0 Å². The molecule has 2 N–H and O–H groups in total. The van der Waals surface area contributed by atoms with Gasteiger partial charge in [0, 0.05) is 11.8 Å². The summed E-state index contributed by atoms with van der Waals surface area (Å²) in [5.74, 6) is 0. The average Bonchev–Trinajstić information content (AvgIpc) is 2.50. The molecule has 1 aliphatic rings. The molecule has 0 amide bonds. The number of hydrogen-bond acceptors (Lipinski definition) is 4. The Hall–Kier alpha value is -0.480. The maximum Gasteiger partial charge on any atom is 0.123 e. The Morgan fingerprint density at radius 1 is 1.46 bits per heavy atom. The van der Waals surface area contributed by atoms with E-state index >= 15 is 0 Å². The van der Waals surface area contributed by atoms with E-state index in [0.29, 0.717) is 12.0 Å². The molecule has 1 fully saturated rings. The molecule has 1 aromatic heterocycles. The Kier molecular flexibility index (Phi) is 2.34. The molecule has 1 heterocycles. The predicted octanol–water partition coefficient (Wildman–Crippen LogP) is 1.48. The van der Waals surface area contributed by atoms with Crippen LogP contribution in [0.1, 0.15) is 36.2 Å². The standard InChI is InChI=1S/C9H15N3S/c1-9(4-2-5-9)8-12-11-7(13-8)3-6-10/h2-6,10H2,1H3. The van der Waals surface area contributed by atoms with Crippen LogP contribution >= 0.6 is 11.3 Å². The smallest absolute Gasteiger partial charge is 0.123 e. The van der Waals surface area contributed by atoms with Crippen LogP contribution in [0.3, 0.4) is 0 Å². The normalized spacial score (nSPS) is 19.8. The highest BCUT2D eigenvalue weighted by Gasteiger charge is 2.36. The van der Waals surface area contributed by atoms with Crippen molar-refractivity contribution in [2.75, 3.05) is 6.54 Å². The minimum Gasteiger partial charge on any atom is -0.330 e. The van der Waals surface area contributed by atoms with Crippen LogP contribution in [0.5, 0.6) is 0 Å². The maximum atomic E-state index is 5.46. The fourth-order valence-corrected chi connectivity index (χ4v) is 2.70. The minimum absolute atomic E-state index is 0.338. The summed E-state index contributed by atoms with van der Waals surface area (Å²) in [5.41, 5.74) is 5.80. The molecule has 0 aliphatic heterocycles. The molecule has 0 saturated heterocycles. The van der Waals surface area contributed by atoms with Gasteiger partial charge in [-0.2, -0.15) is 0 Å². The van der Waals surface area contributed by atoms with Crippen LogP contribution in [-0.2, 0) is 11.8 Å². The predicted molar refractivity (Wildman–Crippen MR) is 53.9 cm³/mol. The van der Waals surface area contributed by atoms with Crippen molar-refractivity contribution in [3.8, 4) is 0 Å². The largest absolute Gasteiger partial charge is 0.330 e. The number of rotatable bonds is 3. The van der Waals surface area contributed by atoms with Crippen LogP contribution in [0.4, 0.5) is 0 Å². The Bertz CT molecular complexity index is 291. The van der Waals surface area contributed by atoms with Crippen molar-refractivity contribution in [3.63, 3.8) is 0 Å². The molecule has 0 aromatic carbocycles. The fourth-order valence-electron chi connectivity index (χ4n) is 1.64. The van der Waals surface area contributed by atoms with Gasteiger partial charge < -0.3 is 5.73 Å². The topological polar surface area (TPSA) is 51.8 Å². The molecule has 0 unspecified atom stereocenters. The van der Waals surface area contributed by atoms with Gasteiger partial charge in [0.1, 0.15) is 10.0 Å². The van der Waals surface area contributed by atoms with Crippen molar-refractivity contribution in [2.45, 2.75) is 38.0 Å². The molecule has 4 heteroatoms. The van der Waals surface area contributed by atoms with Crippen molar-refractivity contribution in [1.29, 1.82) is 0 Å². The SMILES string of the molecule is CC1(c2nnc(CCN)s2)CCC1. The van der Waals surface area contributed by atoms with E-state index in [0.717, 1.165) is 11.4 Å². The molecule has 0 spiro atoms. The van der Waals surface area contributed by atoms with Crippen molar-refractivity contribution in [1.82, 2.24) is 10.2 Å². The lowest BCUT2D eigenvalue weighted by Crippen LogP contribution is -2.30. The van der Waals surface area contributed by atoms with Crippen LogP contribution in [0.2, 0.25) is 0 Å². The minimum atomic E-state index is 0.338. The molecule has 1 aromatic rings. The summed E-state index contributed by atoms with van der Waals surface area (Å²) in [6, 6.07) is 0. The van der Waals surface area contributed by atoms with E-state index in [9.17, 15) is 0 Å². The molecular weight excluding hydrogens is 182 g/mol. The van der Waals surface area contributed by atoms with Gasteiger partial charge in [-0.25, -0.2) is 0 Å². The summed E-state index contributed by atoms with van der Waals surface area (Å²) in [7, 11) is 0. The molecule has 3 nitrogen and oxygen atoms in total. The summed E-state index contributed by atoms with van der Waals surface area (Å²) in [6.45, 7) is 2.95. The monoisotopic (exact) mass is 197 g/mol. The van der Waals surface area contributed by atoms with Crippen LogP contribution in [0, 0.1) is 0 Å². The third-order valence-corrected chi connectivity index (χ3v) is 4.09. The molecule has 2 rings (SSSR count). The molecule has 72 valence electrons. The second-order valence-electron chi connectivity index (χ2n) is 3.95. The molecular formula is C9H15N3S. The third kappa shape index (κ3) is 1.60. The van der Waals surface area contributed by atoms with Crippen LogP contribution in [0.25, 0.3) is 0 Å². The van der Waals surface area contributed by atoms with E-state index in [1.165, 1.54) is 24.3 Å². The second kappa shape index (κ2) is 3.35. The van der Waals surface area contributed by atoms with Gasteiger partial charge in [0.05, 0.1) is 0 Å². The zero-order valence-electron chi connectivity index (χ0n) is 7.92. The summed E-state index contributed by atoms with van der Waals surface area (Å²) < 4.78 is 0. The second-order valence-corrected chi connectivity index (χ2v) is 5.02. The number of aromatic nitrogens is 2. The van der Waals surface area contributed by atoms with Gasteiger partial charge in [-0.15, -0.1) is 21.5 Å². The zero-order chi connectivity index (χ0) is 9.31. The highest BCUT2D eigenvalue weighted by atomic mass is 32.1. The van der Waals surface area contributed by atoms with Gasteiger partial charge >= 0.3 is 0 Å². The van der Waals surface area contributed by atoms with Gasteiger partial charge in [-0.3, -0.25) is 0 Å². The third-order valence-electron chi connectivity index (χ3n) is 2.80. The van der Waals surface area contributed by atoms with Crippen LogP contribution < -0.4 is 5.73 Å². The number of nitrogens with zero attached hydrogens (tertiary/aromatic N) is 2. The van der Waals surface area contributed by atoms with Crippen molar-refractivity contribution < 1.29 is 0 Å². The highest BCUT2D eigenvalue weighted by molar-refractivity contribution is 7.11. The molecule has 1 aliphatic carbocycles. The van der Waals surface area contributed by atoms with E-state index in [1.807, 2.05) is 0 Å². The van der Waals surface area contributed by atoms with Crippen molar-refractivity contribution >= 4 is 11.3 Å². The van der Waals surface area contributed by atoms with Crippen molar-refractivity contribution in [2.24, 2.45) is 5.73 Å². The van der Waals surface area contributed by atoms with E-state index in [1.54, 1.807) is 11.3 Å². The summed E-state index contributed by atoms with van der Waals surface area (Å²) >= 11 is 1.74. The number of nitrogens with two attached hydrogens (primary N) is 1. The van der Waals surface area contributed by atoms with Gasteiger partial charge in [0.2, 0.25) is 0 Å². The van der Waals surface area contributed by atoms with Gasteiger partial charge in [-0.1, -0.05) is 13.3 Å². The summed E-state index contributed by atoms with van der Waals surface area (Å²) in [6.07, 6.45) is 4.74. The van der Waals surface area contributed by atoms with Crippen molar-refractivity contribution in [3.05, 3.63) is 10.0 Å². The fraction of sp³-hybridized carbons (Fsp3) is 0.778. The lowest BCUT2D eigenvalue weighted by atomic mass is 9.71. The Balaban J connectivity index is 2.12. The molecule has 0 atom stereocenters. The molecule has 1 saturated carbocycles. The Labute approximate surface area is 82.4 Å². The summed E-state index contributed by atoms with van der Waals surface area (Å²) in [4.78, 5) is 0. The van der Waals surface area contributed by atoms with E-state index in [2.05, 4.69) is 17.1 Å². The van der Waals surface area contributed by atoms with E-state index in [-0.39, 0.29) is 0 Å². The Morgan fingerprint density at radius 2 is 2.23 bits per heavy atom. The first-order valence-electron chi connectivity index (χ1n) is 4.77. The maximum absolute atomic E-state index is 5.46. The zero-order valence-corrected chi connectivity index (χ0v) is 8.73. The lowest BCUT2D eigenvalue weighted by molar-refractivity contribution is 0.269. The highest BCUT2D eigenvalue weighted by Crippen LogP contribution is 2.44. The van der Waals surface area contributed by atoms with E-state index in [4.69, 9.17) is 5.73 Å². The molecule has 0 bridgehead atoms. The van der Waals surface area contributed by atoms with Crippen LogP contribution in [0.15, 0.2) is 0 Å². The molecule has 13 heavy (non-hydrogen) atoms. The van der Waals surface area contributed by atoms with Gasteiger partial charge in [-0.05, 0) is 19.4 Å².